The smallest absolute Gasteiger partial charge is 0.324 e. The van der Waals surface area contributed by atoms with Crippen molar-refractivity contribution in [2.75, 3.05) is 19.0 Å². The summed E-state index contributed by atoms with van der Waals surface area (Å²) in [6, 6.07) is 0. The van der Waals surface area contributed by atoms with Crippen LogP contribution in [0.1, 0.15) is 44.9 Å². The third-order valence-corrected chi connectivity index (χ3v) is 7.69. The first-order valence-corrected chi connectivity index (χ1v) is 10.6. The van der Waals surface area contributed by atoms with Gasteiger partial charge in [0, 0.05) is 13.1 Å². The van der Waals surface area contributed by atoms with Crippen LogP contribution in [-0.2, 0) is 13.8 Å². The van der Waals surface area contributed by atoms with Crippen LogP contribution in [-0.4, -0.2) is 38.7 Å². The molecule has 0 aromatic heterocycles. The zero-order valence-corrected chi connectivity index (χ0v) is 13.3. The highest BCUT2D eigenvalue weighted by Crippen LogP contribution is 2.56. The molecular weight excluding hydrogens is 304 g/mol. The lowest BCUT2D eigenvalue weighted by Gasteiger charge is -2.43. The minimum atomic E-state index is -4.55. The Bertz CT molecular complexity index is 421. The van der Waals surface area contributed by atoms with Crippen LogP contribution >= 0.6 is 15.2 Å². The van der Waals surface area contributed by atoms with Gasteiger partial charge >= 0.3 is 15.2 Å². The van der Waals surface area contributed by atoms with E-state index in [-0.39, 0.29) is 0 Å². The van der Waals surface area contributed by atoms with Crippen LogP contribution in [0.5, 0.6) is 0 Å². The van der Waals surface area contributed by atoms with E-state index in [1.165, 1.54) is 37.2 Å². The fourth-order valence-electron chi connectivity index (χ4n) is 3.28. The van der Waals surface area contributed by atoms with Crippen molar-refractivity contribution in [2.24, 2.45) is 5.41 Å². The van der Waals surface area contributed by atoms with E-state index in [4.69, 9.17) is 14.4 Å². The lowest BCUT2D eigenvalue weighted by molar-refractivity contribution is -0.109. The van der Waals surface area contributed by atoms with Crippen LogP contribution < -0.4 is 0 Å². The highest BCUT2D eigenvalue weighted by Gasteiger charge is 2.39. The van der Waals surface area contributed by atoms with E-state index in [0.29, 0.717) is 18.5 Å². The van der Waals surface area contributed by atoms with Gasteiger partial charge in [-0.05, 0) is 31.1 Å². The SMILES string of the molecule is O=P(O)(O)CP(=O)(O)ON1CCC2(CCCCC2)CC1. The molecule has 9 heteroatoms. The second kappa shape index (κ2) is 6.17. The van der Waals surface area contributed by atoms with Gasteiger partial charge in [-0.25, -0.2) is 4.62 Å². The number of rotatable bonds is 4. The van der Waals surface area contributed by atoms with Gasteiger partial charge in [-0.15, -0.1) is 0 Å². The Balaban J connectivity index is 1.85. The zero-order valence-electron chi connectivity index (χ0n) is 11.5. The standard InChI is InChI=1S/C11H23NO6P2/c13-19(14,15)10-20(16,17)18-12-8-6-11(7-9-12)4-2-1-3-5-11/h1-10H2,(H,16,17)(H2,13,14,15). The van der Waals surface area contributed by atoms with E-state index < -0.39 is 21.1 Å². The van der Waals surface area contributed by atoms with Crippen LogP contribution in [0.15, 0.2) is 0 Å². The van der Waals surface area contributed by atoms with E-state index in [1.54, 1.807) is 0 Å². The van der Waals surface area contributed by atoms with Crippen molar-refractivity contribution >= 4 is 15.2 Å². The van der Waals surface area contributed by atoms with Gasteiger partial charge in [-0.1, -0.05) is 19.3 Å². The highest BCUT2D eigenvalue weighted by atomic mass is 31.2. The van der Waals surface area contributed by atoms with Crippen molar-refractivity contribution in [3.63, 3.8) is 0 Å². The van der Waals surface area contributed by atoms with Crippen LogP contribution in [0.2, 0.25) is 0 Å². The maximum absolute atomic E-state index is 11.7. The minimum absolute atomic E-state index is 0.348. The average Bonchev–Trinajstić information content (AvgIpc) is 2.30. The van der Waals surface area contributed by atoms with Crippen molar-refractivity contribution in [3.05, 3.63) is 0 Å². The Labute approximate surface area is 119 Å². The van der Waals surface area contributed by atoms with E-state index in [2.05, 4.69) is 0 Å². The van der Waals surface area contributed by atoms with Crippen molar-refractivity contribution in [3.8, 4) is 0 Å². The number of hydroxylamine groups is 2. The van der Waals surface area contributed by atoms with E-state index in [0.717, 1.165) is 12.8 Å². The summed E-state index contributed by atoms with van der Waals surface area (Å²) in [5.41, 5.74) is 0.348. The maximum Gasteiger partial charge on any atom is 0.356 e. The van der Waals surface area contributed by atoms with Gasteiger partial charge in [-0.3, -0.25) is 9.13 Å². The zero-order chi connectivity index (χ0) is 14.9. The summed E-state index contributed by atoms with van der Waals surface area (Å²) in [5.74, 6) is -1.12. The van der Waals surface area contributed by atoms with Crippen molar-refractivity contribution in [1.29, 1.82) is 0 Å². The van der Waals surface area contributed by atoms with Gasteiger partial charge in [0.1, 0.15) is 0 Å². The molecule has 3 N–H and O–H groups in total. The molecule has 118 valence electrons. The van der Waals surface area contributed by atoms with Gasteiger partial charge in [0.05, 0.1) is 0 Å². The lowest BCUT2D eigenvalue weighted by Crippen LogP contribution is -2.40. The Morgan fingerprint density at radius 1 is 0.950 bits per heavy atom. The molecule has 1 saturated heterocycles. The summed E-state index contributed by atoms with van der Waals surface area (Å²) in [7, 11) is -8.82. The van der Waals surface area contributed by atoms with Gasteiger partial charge in [0.25, 0.3) is 0 Å². The molecule has 2 rings (SSSR count). The van der Waals surface area contributed by atoms with Crippen molar-refractivity contribution in [1.82, 2.24) is 5.06 Å². The van der Waals surface area contributed by atoms with Gasteiger partial charge in [0.15, 0.2) is 5.90 Å². The summed E-state index contributed by atoms with van der Waals surface area (Å²) in [4.78, 5) is 27.0. The first kappa shape index (κ1) is 16.6. The first-order chi connectivity index (χ1) is 9.20. The van der Waals surface area contributed by atoms with Crippen molar-refractivity contribution in [2.45, 2.75) is 44.9 Å². The molecule has 0 aromatic rings. The Morgan fingerprint density at radius 2 is 1.50 bits per heavy atom. The van der Waals surface area contributed by atoms with E-state index >= 15 is 0 Å². The molecule has 1 atom stereocenters. The molecule has 20 heavy (non-hydrogen) atoms. The van der Waals surface area contributed by atoms with Gasteiger partial charge in [-0.2, -0.15) is 5.06 Å². The monoisotopic (exact) mass is 327 g/mol. The molecule has 1 spiro atoms. The summed E-state index contributed by atoms with van der Waals surface area (Å²) < 4.78 is 27.4. The van der Waals surface area contributed by atoms with Gasteiger partial charge in [0.2, 0.25) is 0 Å². The predicted molar refractivity (Wildman–Crippen MR) is 74.1 cm³/mol. The van der Waals surface area contributed by atoms with Crippen LogP contribution in [0.25, 0.3) is 0 Å². The Hall–Kier alpha value is 0.260. The first-order valence-electron chi connectivity index (χ1n) is 7.01. The van der Waals surface area contributed by atoms with Crippen LogP contribution in [0, 0.1) is 5.41 Å². The largest absolute Gasteiger partial charge is 0.356 e. The molecular formula is C11H23NO6P2. The van der Waals surface area contributed by atoms with Crippen molar-refractivity contribution < 1.29 is 28.4 Å². The molecule has 0 amide bonds. The Kier molecular flexibility index (Phi) is 5.13. The third-order valence-electron chi connectivity index (χ3n) is 4.30. The minimum Gasteiger partial charge on any atom is -0.324 e. The second-order valence-corrected chi connectivity index (χ2v) is 9.91. The second-order valence-electron chi connectivity index (χ2n) is 6.01. The quantitative estimate of drug-likeness (QED) is 0.680. The number of hydrogen-bond acceptors (Lipinski definition) is 4. The topological polar surface area (TPSA) is 107 Å². The molecule has 1 saturated carbocycles. The van der Waals surface area contributed by atoms with E-state index in [1.807, 2.05) is 0 Å². The predicted octanol–water partition coefficient (Wildman–Crippen LogP) is 2.28. The molecule has 0 radical (unpaired) electrons. The highest BCUT2D eigenvalue weighted by molar-refractivity contribution is 7.69. The molecule has 0 aromatic carbocycles. The average molecular weight is 327 g/mol. The number of nitrogens with zero attached hydrogens (tertiary/aromatic N) is 1. The molecule has 7 nitrogen and oxygen atoms in total. The fourth-order valence-corrected chi connectivity index (χ4v) is 5.88. The summed E-state index contributed by atoms with van der Waals surface area (Å²) >= 11 is 0. The number of hydrogen-bond donors (Lipinski definition) is 3. The molecule has 1 heterocycles. The normalized spacial score (nSPS) is 27.4. The van der Waals surface area contributed by atoms with Gasteiger partial charge < -0.3 is 14.7 Å². The lowest BCUT2D eigenvalue weighted by atomic mass is 9.68. The molecule has 1 unspecified atom stereocenters. The fraction of sp³-hybridized carbons (Fsp3) is 1.00. The molecule has 1 aliphatic heterocycles. The molecule has 0 bridgehead atoms. The summed E-state index contributed by atoms with van der Waals surface area (Å²) in [6.45, 7) is 1.09. The molecule has 2 fully saturated rings. The summed E-state index contributed by atoms with van der Waals surface area (Å²) in [5, 5.41) is 1.40. The molecule has 1 aliphatic carbocycles. The summed E-state index contributed by atoms with van der Waals surface area (Å²) in [6.07, 6.45) is 8.04. The number of piperidine rings is 1. The molecule has 2 aliphatic rings. The van der Waals surface area contributed by atoms with Crippen LogP contribution in [0.4, 0.5) is 0 Å². The van der Waals surface area contributed by atoms with E-state index in [9.17, 15) is 14.0 Å². The third kappa shape index (κ3) is 4.92. The maximum atomic E-state index is 11.7. The Morgan fingerprint density at radius 3 is 2.00 bits per heavy atom. The van der Waals surface area contributed by atoms with Crippen LogP contribution in [0.3, 0.4) is 0 Å².